The number of urea groups is 1. The number of nitriles is 1. The van der Waals surface area contributed by atoms with E-state index in [1.165, 1.54) is 30.1 Å². The zero-order chi connectivity index (χ0) is 22.1. The fraction of sp³-hybridized carbons (Fsp3) is 0.263. The third kappa shape index (κ3) is 4.12. The summed E-state index contributed by atoms with van der Waals surface area (Å²) in [6.07, 6.45) is -4.62. The lowest BCUT2D eigenvalue weighted by molar-refractivity contribution is -0.138. The van der Waals surface area contributed by atoms with Crippen molar-refractivity contribution in [1.29, 1.82) is 5.26 Å². The number of alkyl halides is 3. The molecule has 0 fully saturated rings. The van der Waals surface area contributed by atoms with Crippen molar-refractivity contribution >= 4 is 17.1 Å². The Hall–Kier alpha value is -3.81. The Morgan fingerprint density at radius 3 is 2.67 bits per heavy atom. The van der Waals surface area contributed by atoms with E-state index >= 15 is 0 Å². The zero-order valence-electron chi connectivity index (χ0n) is 16.0. The first-order valence-corrected chi connectivity index (χ1v) is 8.78. The molecule has 0 aliphatic heterocycles. The van der Waals surface area contributed by atoms with Gasteiger partial charge >= 0.3 is 12.2 Å². The Bertz CT molecular complexity index is 1150. The topological polar surface area (TPSA) is 121 Å². The second kappa shape index (κ2) is 7.90. The van der Waals surface area contributed by atoms with Gasteiger partial charge in [0.1, 0.15) is 23.2 Å². The summed E-state index contributed by atoms with van der Waals surface area (Å²) in [5.41, 5.74) is 5.16. The van der Waals surface area contributed by atoms with Gasteiger partial charge in [0, 0.05) is 12.6 Å². The fourth-order valence-corrected chi connectivity index (χ4v) is 2.86. The van der Waals surface area contributed by atoms with Crippen molar-refractivity contribution in [2.24, 2.45) is 5.73 Å². The number of nitrogens with two attached hydrogens (primary N) is 1. The molecule has 0 aliphatic rings. The van der Waals surface area contributed by atoms with Gasteiger partial charge in [0.25, 0.3) is 0 Å². The van der Waals surface area contributed by atoms with Gasteiger partial charge in [-0.3, -0.25) is 0 Å². The highest BCUT2D eigenvalue weighted by atomic mass is 19.4. The first-order valence-electron chi connectivity index (χ1n) is 8.78. The van der Waals surface area contributed by atoms with Crippen molar-refractivity contribution in [2.75, 3.05) is 13.7 Å². The van der Waals surface area contributed by atoms with Crippen LogP contribution < -0.4 is 10.5 Å². The van der Waals surface area contributed by atoms with Gasteiger partial charge in [-0.2, -0.15) is 18.4 Å². The largest absolute Gasteiger partial charge is 0.493 e. The highest BCUT2D eigenvalue weighted by Crippen LogP contribution is 2.39. The Labute approximate surface area is 169 Å². The summed E-state index contributed by atoms with van der Waals surface area (Å²) < 4.78 is 45.4. The van der Waals surface area contributed by atoms with Crippen LogP contribution in [-0.2, 0) is 12.7 Å². The third-order valence-corrected chi connectivity index (χ3v) is 4.27. The van der Waals surface area contributed by atoms with Crippen LogP contribution in [0.4, 0.5) is 18.0 Å². The van der Waals surface area contributed by atoms with E-state index in [9.17, 15) is 23.2 Å². The molecule has 3 aromatic rings. The lowest BCUT2D eigenvalue weighted by Crippen LogP contribution is -2.31. The SMILES string of the molecule is CCOc1ccc(-c2cc3[nH]c(CN(C)C(N)=O)nc3c(C#N)n2)cc1C(F)(F)F. The molecule has 0 aliphatic carbocycles. The number of nitrogens with zero attached hydrogens (tertiary/aromatic N) is 4. The summed E-state index contributed by atoms with van der Waals surface area (Å²) in [5, 5.41) is 9.43. The molecule has 30 heavy (non-hydrogen) atoms. The number of hydrogen-bond donors (Lipinski definition) is 2. The predicted octanol–water partition coefficient (Wildman–Crippen LogP) is 3.42. The van der Waals surface area contributed by atoms with Crippen molar-refractivity contribution in [3.8, 4) is 23.1 Å². The first kappa shape index (κ1) is 20.9. The number of ether oxygens (including phenoxy) is 1. The molecule has 0 saturated carbocycles. The number of aromatic amines is 1. The molecule has 11 heteroatoms. The second-order valence-electron chi connectivity index (χ2n) is 6.38. The number of aromatic nitrogens is 3. The minimum absolute atomic E-state index is 0.0610. The number of halogens is 3. The van der Waals surface area contributed by atoms with E-state index < -0.39 is 17.8 Å². The van der Waals surface area contributed by atoms with E-state index in [-0.39, 0.29) is 41.4 Å². The molecule has 0 spiro atoms. The third-order valence-electron chi connectivity index (χ3n) is 4.27. The zero-order valence-corrected chi connectivity index (χ0v) is 16.0. The Balaban J connectivity index is 2.10. The average molecular weight is 418 g/mol. The number of carbonyl (C=O) groups excluding carboxylic acids is 1. The molecule has 2 amide bonds. The molecule has 8 nitrogen and oxygen atoms in total. The van der Waals surface area contributed by atoms with Crippen LogP contribution in [0, 0.1) is 11.3 Å². The number of rotatable bonds is 5. The molecule has 0 bridgehead atoms. The van der Waals surface area contributed by atoms with Crippen molar-refractivity contribution in [1.82, 2.24) is 19.9 Å². The number of imidazole rings is 1. The van der Waals surface area contributed by atoms with Crippen LogP contribution in [0.15, 0.2) is 24.3 Å². The number of hydrogen-bond acceptors (Lipinski definition) is 5. The van der Waals surface area contributed by atoms with Gasteiger partial charge in [-0.1, -0.05) is 0 Å². The normalized spacial score (nSPS) is 11.3. The number of H-pyrrole nitrogens is 1. The van der Waals surface area contributed by atoms with Crippen molar-refractivity contribution in [3.63, 3.8) is 0 Å². The van der Waals surface area contributed by atoms with Gasteiger partial charge in [-0.15, -0.1) is 0 Å². The summed E-state index contributed by atoms with van der Waals surface area (Å²) in [7, 11) is 1.48. The fourth-order valence-electron chi connectivity index (χ4n) is 2.86. The minimum Gasteiger partial charge on any atom is -0.493 e. The van der Waals surface area contributed by atoms with E-state index in [4.69, 9.17) is 10.5 Å². The summed E-state index contributed by atoms with van der Waals surface area (Å²) >= 11 is 0. The quantitative estimate of drug-likeness (QED) is 0.658. The van der Waals surface area contributed by atoms with Crippen LogP contribution in [0.3, 0.4) is 0 Å². The standard InChI is InChI=1S/C19H17F3N6O2/c1-3-30-15-5-4-10(6-11(15)19(20,21)22)12-7-13-17(14(8-23)25-12)27-16(26-13)9-28(2)18(24)29/h4-7H,3,9H2,1-2H3,(H2,24,29)(H,26,27). The number of benzene rings is 1. The van der Waals surface area contributed by atoms with Gasteiger partial charge in [-0.05, 0) is 31.2 Å². The maximum absolute atomic E-state index is 13.4. The number of nitrogens with one attached hydrogen (secondary N) is 1. The number of carbonyl (C=O) groups is 1. The number of primary amides is 1. The second-order valence-corrected chi connectivity index (χ2v) is 6.38. The lowest BCUT2D eigenvalue weighted by Gasteiger charge is -2.14. The summed E-state index contributed by atoms with van der Waals surface area (Å²) in [6.45, 7) is 1.74. The van der Waals surface area contributed by atoms with Crippen LogP contribution >= 0.6 is 0 Å². The number of fused-ring (bicyclic) bond motifs is 1. The summed E-state index contributed by atoms with van der Waals surface area (Å²) in [4.78, 5) is 23.8. The molecular formula is C19H17F3N6O2. The van der Waals surface area contributed by atoms with Crippen molar-refractivity contribution < 1.29 is 22.7 Å². The van der Waals surface area contributed by atoms with Gasteiger partial charge in [0.2, 0.25) is 0 Å². The van der Waals surface area contributed by atoms with Crippen molar-refractivity contribution in [2.45, 2.75) is 19.6 Å². The van der Waals surface area contributed by atoms with Crippen LogP contribution in [0.1, 0.15) is 24.0 Å². The van der Waals surface area contributed by atoms with Crippen LogP contribution in [0.5, 0.6) is 5.75 Å². The molecule has 2 aromatic heterocycles. The molecular weight excluding hydrogens is 401 g/mol. The maximum Gasteiger partial charge on any atom is 0.419 e. The van der Waals surface area contributed by atoms with Gasteiger partial charge in [0.15, 0.2) is 5.69 Å². The molecule has 0 atom stereocenters. The van der Waals surface area contributed by atoms with E-state index in [1.807, 2.05) is 6.07 Å². The Morgan fingerprint density at radius 1 is 1.33 bits per heavy atom. The highest BCUT2D eigenvalue weighted by Gasteiger charge is 2.35. The van der Waals surface area contributed by atoms with E-state index in [2.05, 4.69) is 15.0 Å². The van der Waals surface area contributed by atoms with Crippen LogP contribution in [0.25, 0.3) is 22.3 Å². The average Bonchev–Trinajstić information content (AvgIpc) is 3.09. The van der Waals surface area contributed by atoms with E-state index in [0.29, 0.717) is 11.3 Å². The predicted molar refractivity (Wildman–Crippen MR) is 101 cm³/mol. The van der Waals surface area contributed by atoms with Gasteiger partial charge in [-0.25, -0.2) is 14.8 Å². The number of pyridine rings is 1. The monoisotopic (exact) mass is 418 g/mol. The van der Waals surface area contributed by atoms with E-state index in [1.54, 1.807) is 6.92 Å². The maximum atomic E-state index is 13.4. The molecule has 0 unspecified atom stereocenters. The van der Waals surface area contributed by atoms with Gasteiger partial charge in [0.05, 0.1) is 29.9 Å². The molecule has 3 N–H and O–H groups in total. The Morgan fingerprint density at radius 2 is 2.07 bits per heavy atom. The summed E-state index contributed by atoms with van der Waals surface area (Å²) in [5.74, 6) is 0.0677. The van der Waals surface area contributed by atoms with Gasteiger partial charge < -0.3 is 20.4 Å². The molecule has 1 aromatic carbocycles. The van der Waals surface area contributed by atoms with Crippen LogP contribution in [0.2, 0.25) is 0 Å². The first-order chi connectivity index (χ1) is 14.1. The minimum atomic E-state index is -4.62. The Kier molecular flexibility index (Phi) is 5.51. The molecule has 0 radical (unpaired) electrons. The van der Waals surface area contributed by atoms with Crippen molar-refractivity contribution in [3.05, 3.63) is 41.3 Å². The number of amides is 2. The molecule has 2 heterocycles. The lowest BCUT2D eigenvalue weighted by atomic mass is 10.1. The smallest absolute Gasteiger partial charge is 0.419 e. The molecule has 0 saturated heterocycles. The summed E-state index contributed by atoms with van der Waals surface area (Å²) in [6, 6.07) is 6.32. The highest BCUT2D eigenvalue weighted by molar-refractivity contribution is 5.84. The van der Waals surface area contributed by atoms with E-state index in [0.717, 1.165) is 6.07 Å². The molecule has 156 valence electrons. The van der Waals surface area contributed by atoms with Crippen LogP contribution in [-0.4, -0.2) is 39.5 Å². The molecule has 3 rings (SSSR count).